The van der Waals surface area contributed by atoms with Crippen molar-refractivity contribution in [3.05, 3.63) is 55.6 Å². The zero-order valence-corrected chi connectivity index (χ0v) is 13.8. The first-order chi connectivity index (χ1) is 9.51. The number of phenols is 1. The topological polar surface area (TPSA) is 73.1 Å². The number of carbonyl (C=O) groups excluding carboxylic acids is 1. The predicted octanol–water partition coefficient (Wildman–Crippen LogP) is 3.88. The standard InChI is InChI=1S/C14H8BrIN2O2/c15-10-5-8(7-17)1-4-12(10)18-14(20)9-2-3-11(16)13(19)6-9/h1-6,19H,(H,18,20). The minimum Gasteiger partial charge on any atom is -0.507 e. The van der Waals surface area contributed by atoms with E-state index in [0.29, 0.717) is 24.9 Å². The number of hydrogen-bond donors (Lipinski definition) is 2. The molecule has 1 amide bonds. The Labute approximate surface area is 137 Å². The minimum atomic E-state index is -0.331. The van der Waals surface area contributed by atoms with Gasteiger partial charge in [0.2, 0.25) is 0 Å². The third-order valence-corrected chi connectivity index (χ3v) is 4.12. The van der Waals surface area contributed by atoms with E-state index < -0.39 is 0 Å². The van der Waals surface area contributed by atoms with Crippen molar-refractivity contribution in [2.75, 3.05) is 5.32 Å². The van der Waals surface area contributed by atoms with Crippen LogP contribution in [0.25, 0.3) is 0 Å². The van der Waals surface area contributed by atoms with Crippen LogP contribution < -0.4 is 5.32 Å². The Balaban J connectivity index is 2.23. The fourth-order valence-electron chi connectivity index (χ4n) is 1.53. The molecular weight excluding hydrogens is 435 g/mol. The molecule has 0 aliphatic heterocycles. The summed E-state index contributed by atoms with van der Waals surface area (Å²) >= 11 is 5.28. The average molecular weight is 443 g/mol. The highest BCUT2D eigenvalue weighted by Gasteiger charge is 2.10. The number of benzene rings is 2. The van der Waals surface area contributed by atoms with Crippen LogP contribution in [-0.2, 0) is 0 Å². The van der Waals surface area contributed by atoms with Gasteiger partial charge < -0.3 is 10.4 Å². The predicted molar refractivity (Wildman–Crippen MR) is 87.6 cm³/mol. The average Bonchev–Trinajstić information content (AvgIpc) is 2.43. The van der Waals surface area contributed by atoms with Crippen molar-refractivity contribution < 1.29 is 9.90 Å². The Morgan fingerprint density at radius 1 is 1.30 bits per heavy atom. The number of anilines is 1. The molecule has 0 aliphatic carbocycles. The number of carbonyl (C=O) groups is 1. The van der Waals surface area contributed by atoms with Crippen LogP contribution >= 0.6 is 38.5 Å². The molecule has 2 aromatic carbocycles. The van der Waals surface area contributed by atoms with Crippen LogP contribution in [0, 0.1) is 14.9 Å². The second-order valence-corrected chi connectivity index (χ2v) is 5.94. The molecule has 0 bridgehead atoms. The van der Waals surface area contributed by atoms with Gasteiger partial charge in [-0.3, -0.25) is 4.79 Å². The fourth-order valence-corrected chi connectivity index (χ4v) is 2.35. The smallest absolute Gasteiger partial charge is 0.255 e. The summed E-state index contributed by atoms with van der Waals surface area (Å²) in [5, 5.41) is 21.1. The van der Waals surface area contributed by atoms with Gasteiger partial charge in [0, 0.05) is 10.0 Å². The second kappa shape index (κ2) is 6.24. The maximum absolute atomic E-state index is 12.1. The Morgan fingerprint density at radius 2 is 2.05 bits per heavy atom. The molecule has 0 radical (unpaired) electrons. The van der Waals surface area contributed by atoms with Crippen LogP contribution in [0.4, 0.5) is 5.69 Å². The first-order valence-corrected chi connectivity index (χ1v) is 7.38. The maximum Gasteiger partial charge on any atom is 0.255 e. The highest BCUT2D eigenvalue weighted by molar-refractivity contribution is 14.1. The Hall–Kier alpha value is -1.59. The van der Waals surface area contributed by atoms with E-state index >= 15 is 0 Å². The third kappa shape index (κ3) is 3.29. The highest BCUT2D eigenvalue weighted by atomic mass is 127. The normalized spacial score (nSPS) is 9.85. The molecule has 0 heterocycles. The molecule has 6 heteroatoms. The number of halogens is 2. The second-order valence-electron chi connectivity index (χ2n) is 3.93. The maximum atomic E-state index is 12.1. The summed E-state index contributed by atoms with van der Waals surface area (Å²) in [6, 6.07) is 11.6. The van der Waals surface area contributed by atoms with Crippen LogP contribution in [0.15, 0.2) is 40.9 Å². The van der Waals surface area contributed by atoms with Crippen molar-refractivity contribution in [2.45, 2.75) is 0 Å². The summed E-state index contributed by atoms with van der Waals surface area (Å²) in [6.45, 7) is 0. The fraction of sp³-hybridized carbons (Fsp3) is 0. The summed E-state index contributed by atoms with van der Waals surface area (Å²) in [5.74, 6) is -0.265. The van der Waals surface area contributed by atoms with E-state index in [2.05, 4.69) is 21.2 Å². The number of aromatic hydroxyl groups is 1. The van der Waals surface area contributed by atoms with E-state index in [1.807, 2.05) is 28.7 Å². The van der Waals surface area contributed by atoms with Gasteiger partial charge in [0.1, 0.15) is 5.75 Å². The lowest BCUT2D eigenvalue weighted by Gasteiger charge is -2.08. The summed E-state index contributed by atoms with van der Waals surface area (Å²) in [6.07, 6.45) is 0. The third-order valence-electron chi connectivity index (χ3n) is 2.55. The molecule has 0 saturated carbocycles. The molecule has 0 aliphatic rings. The monoisotopic (exact) mass is 442 g/mol. The van der Waals surface area contributed by atoms with Crippen molar-refractivity contribution in [1.29, 1.82) is 5.26 Å². The van der Waals surface area contributed by atoms with Crippen LogP contribution in [0.1, 0.15) is 15.9 Å². The Bertz CT molecular complexity index is 726. The molecule has 2 aromatic rings. The summed E-state index contributed by atoms with van der Waals surface area (Å²) in [7, 11) is 0. The zero-order valence-electron chi connectivity index (χ0n) is 10.0. The molecule has 0 atom stereocenters. The number of rotatable bonds is 2. The van der Waals surface area contributed by atoms with Crippen LogP contribution in [-0.4, -0.2) is 11.0 Å². The molecule has 2 rings (SSSR count). The molecular formula is C14H8BrIN2O2. The molecule has 4 nitrogen and oxygen atoms in total. The quantitative estimate of drug-likeness (QED) is 0.693. The van der Waals surface area contributed by atoms with Crippen molar-refractivity contribution in [3.8, 4) is 11.8 Å². The van der Waals surface area contributed by atoms with E-state index in [-0.39, 0.29) is 11.7 Å². The van der Waals surface area contributed by atoms with E-state index in [9.17, 15) is 9.90 Å². The Morgan fingerprint density at radius 3 is 2.65 bits per heavy atom. The molecule has 0 saturated heterocycles. The molecule has 0 spiro atoms. The van der Waals surface area contributed by atoms with Gasteiger partial charge in [0.25, 0.3) is 5.91 Å². The number of phenolic OH excluding ortho intramolecular Hbond substituents is 1. The number of nitriles is 1. The van der Waals surface area contributed by atoms with Crippen LogP contribution in [0.5, 0.6) is 5.75 Å². The van der Waals surface area contributed by atoms with Gasteiger partial charge in [-0.05, 0) is 74.9 Å². The number of nitrogens with one attached hydrogen (secondary N) is 1. The molecule has 20 heavy (non-hydrogen) atoms. The van der Waals surface area contributed by atoms with Crippen molar-refractivity contribution >= 4 is 50.1 Å². The van der Waals surface area contributed by atoms with Gasteiger partial charge in [0.05, 0.1) is 20.9 Å². The van der Waals surface area contributed by atoms with Crippen molar-refractivity contribution in [1.82, 2.24) is 0 Å². The molecule has 100 valence electrons. The lowest BCUT2D eigenvalue weighted by atomic mass is 10.2. The molecule has 0 unspecified atom stereocenters. The first-order valence-electron chi connectivity index (χ1n) is 5.51. The summed E-state index contributed by atoms with van der Waals surface area (Å²) in [5.41, 5.74) is 1.42. The number of amides is 1. The van der Waals surface area contributed by atoms with Crippen LogP contribution in [0.2, 0.25) is 0 Å². The minimum absolute atomic E-state index is 0.0668. The number of nitrogens with zero attached hydrogens (tertiary/aromatic N) is 1. The van der Waals surface area contributed by atoms with Gasteiger partial charge in [-0.25, -0.2) is 0 Å². The van der Waals surface area contributed by atoms with E-state index in [1.165, 1.54) is 6.07 Å². The molecule has 2 N–H and O–H groups in total. The van der Waals surface area contributed by atoms with Gasteiger partial charge in [-0.1, -0.05) is 0 Å². The van der Waals surface area contributed by atoms with E-state index in [4.69, 9.17) is 5.26 Å². The van der Waals surface area contributed by atoms with Gasteiger partial charge >= 0.3 is 0 Å². The van der Waals surface area contributed by atoms with Crippen LogP contribution in [0.3, 0.4) is 0 Å². The summed E-state index contributed by atoms with van der Waals surface area (Å²) in [4.78, 5) is 12.1. The summed E-state index contributed by atoms with van der Waals surface area (Å²) < 4.78 is 1.30. The van der Waals surface area contributed by atoms with Gasteiger partial charge in [0.15, 0.2) is 0 Å². The van der Waals surface area contributed by atoms with E-state index in [0.717, 1.165) is 0 Å². The van der Waals surface area contributed by atoms with Crippen molar-refractivity contribution in [2.24, 2.45) is 0 Å². The van der Waals surface area contributed by atoms with Gasteiger partial charge in [-0.15, -0.1) is 0 Å². The zero-order chi connectivity index (χ0) is 14.7. The SMILES string of the molecule is N#Cc1ccc(NC(=O)c2ccc(I)c(O)c2)c(Br)c1. The largest absolute Gasteiger partial charge is 0.507 e. The lowest BCUT2D eigenvalue weighted by molar-refractivity contribution is 0.102. The van der Waals surface area contributed by atoms with Gasteiger partial charge in [-0.2, -0.15) is 5.26 Å². The molecule has 0 aromatic heterocycles. The first kappa shape index (κ1) is 14.8. The lowest BCUT2D eigenvalue weighted by Crippen LogP contribution is -2.12. The van der Waals surface area contributed by atoms with E-state index in [1.54, 1.807) is 30.3 Å². The number of hydrogen-bond acceptors (Lipinski definition) is 3. The molecule has 0 fully saturated rings. The highest BCUT2D eigenvalue weighted by Crippen LogP contribution is 2.25. The Kier molecular flexibility index (Phi) is 4.62. The van der Waals surface area contributed by atoms with Crippen molar-refractivity contribution in [3.63, 3.8) is 0 Å².